The highest BCUT2D eigenvalue weighted by Gasteiger charge is 2.26. The molecule has 1 saturated heterocycles. The minimum atomic E-state index is -0.680. The molecule has 0 bridgehead atoms. The van der Waals surface area contributed by atoms with E-state index in [1.54, 1.807) is 4.68 Å². The summed E-state index contributed by atoms with van der Waals surface area (Å²) in [6.07, 6.45) is 6.78. The monoisotopic (exact) mass is 475 g/mol. The fourth-order valence-electron chi connectivity index (χ4n) is 4.36. The Labute approximate surface area is 207 Å². The van der Waals surface area contributed by atoms with E-state index in [1.165, 1.54) is 0 Å². The van der Waals surface area contributed by atoms with Gasteiger partial charge in [-0.1, -0.05) is 54.5 Å². The SMILES string of the molecule is C#CCOC[C@@H](O)CN(Cc1c(-c2ccccc2)nn(C)c1Oc1ccccc1)C[C@H]1CCCO1. The van der Waals surface area contributed by atoms with E-state index in [0.29, 0.717) is 25.5 Å². The maximum Gasteiger partial charge on any atom is 0.222 e. The molecule has 0 saturated carbocycles. The topological polar surface area (TPSA) is 69.0 Å². The van der Waals surface area contributed by atoms with Gasteiger partial charge in [0.1, 0.15) is 18.1 Å². The lowest BCUT2D eigenvalue weighted by molar-refractivity contribution is 0.00943. The molecule has 0 radical (unpaired) electrons. The molecule has 7 nitrogen and oxygen atoms in total. The lowest BCUT2D eigenvalue weighted by Gasteiger charge is -2.27. The van der Waals surface area contributed by atoms with E-state index in [2.05, 4.69) is 10.8 Å². The standard InChI is InChI=1S/C28H33N3O4/c1-3-16-33-21-23(32)18-31(19-25-15-10-17-34-25)20-26-27(22-11-6-4-7-12-22)29-30(2)28(26)35-24-13-8-5-9-14-24/h1,4-9,11-14,23,25,32H,10,15-21H2,2H3/t23-,25+/m0/s1. The Balaban J connectivity index is 1.64. The second-order valence-corrected chi connectivity index (χ2v) is 8.74. The van der Waals surface area contributed by atoms with Crippen molar-refractivity contribution in [3.63, 3.8) is 0 Å². The van der Waals surface area contributed by atoms with Gasteiger partial charge in [-0.15, -0.1) is 6.42 Å². The molecule has 2 heterocycles. The molecule has 1 fully saturated rings. The summed E-state index contributed by atoms with van der Waals surface area (Å²) < 4.78 is 19.4. The van der Waals surface area contributed by atoms with Crippen LogP contribution >= 0.6 is 0 Å². The molecule has 2 atom stereocenters. The number of aryl methyl sites for hydroxylation is 1. The smallest absolute Gasteiger partial charge is 0.222 e. The molecule has 2 aromatic carbocycles. The van der Waals surface area contributed by atoms with Gasteiger partial charge < -0.3 is 19.3 Å². The number of aromatic nitrogens is 2. The molecule has 1 aromatic heterocycles. The third-order valence-electron chi connectivity index (χ3n) is 5.93. The second-order valence-electron chi connectivity index (χ2n) is 8.74. The van der Waals surface area contributed by atoms with Crippen LogP contribution in [0.25, 0.3) is 11.3 Å². The average Bonchev–Trinajstić information content (AvgIpc) is 3.49. The van der Waals surface area contributed by atoms with E-state index in [1.807, 2.05) is 67.7 Å². The molecular weight excluding hydrogens is 442 g/mol. The Hall–Kier alpha value is -3.15. The molecule has 1 aliphatic rings. The zero-order valence-corrected chi connectivity index (χ0v) is 20.2. The predicted molar refractivity (Wildman–Crippen MR) is 135 cm³/mol. The van der Waals surface area contributed by atoms with Crippen molar-refractivity contribution in [1.82, 2.24) is 14.7 Å². The summed E-state index contributed by atoms with van der Waals surface area (Å²) in [5.74, 6) is 3.85. The maximum absolute atomic E-state index is 10.7. The third-order valence-corrected chi connectivity index (χ3v) is 5.93. The lowest BCUT2D eigenvalue weighted by Crippen LogP contribution is -2.39. The van der Waals surface area contributed by atoms with Crippen molar-refractivity contribution in [3.05, 3.63) is 66.2 Å². The molecule has 35 heavy (non-hydrogen) atoms. The van der Waals surface area contributed by atoms with Crippen LogP contribution < -0.4 is 4.74 Å². The molecule has 184 valence electrons. The second kappa shape index (κ2) is 12.5. The molecule has 4 rings (SSSR count). The van der Waals surface area contributed by atoms with Crippen molar-refractivity contribution in [1.29, 1.82) is 0 Å². The number of para-hydroxylation sites is 1. The first-order chi connectivity index (χ1) is 17.1. The van der Waals surface area contributed by atoms with Crippen LogP contribution in [0.4, 0.5) is 0 Å². The van der Waals surface area contributed by atoms with Crippen LogP contribution in [0, 0.1) is 12.3 Å². The van der Waals surface area contributed by atoms with Crippen LogP contribution in [0.3, 0.4) is 0 Å². The number of aliphatic hydroxyl groups excluding tert-OH is 1. The van der Waals surface area contributed by atoms with E-state index in [9.17, 15) is 5.11 Å². The van der Waals surface area contributed by atoms with Gasteiger partial charge in [-0.05, 0) is 25.0 Å². The van der Waals surface area contributed by atoms with Gasteiger partial charge in [0.05, 0.1) is 24.4 Å². The number of ether oxygens (including phenoxy) is 3. The fourth-order valence-corrected chi connectivity index (χ4v) is 4.36. The summed E-state index contributed by atoms with van der Waals surface area (Å²) in [4.78, 5) is 2.20. The highest BCUT2D eigenvalue weighted by Crippen LogP contribution is 2.34. The normalized spacial score (nSPS) is 16.3. The number of hydrogen-bond acceptors (Lipinski definition) is 6. The summed E-state index contributed by atoms with van der Waals surface area (Å²) in [7, 11) is 1.89. The van der Waals surface area contributed by atoms with Crippen molar-refractivity contribution in [2.45, 2.75) is 31.6 Å². The van der Waals surface area contributed by atoms with Gasteiger partial charge in [0.2, 0.25) is 5.88 Å². The minimum absolute atomic E-state index is 0.129. The van der Waals surface area contributed by atoms with E-state index < -0.39 is 6.10 Å². The molecule has 0 aliphatic carbocycles. The highest BCUT2D eigenvalue weighted by molar-refractivity contribution is 5.65. The first-order valence-electron chi connectivity index (χ1n) is 12.0. The van der Waals surface area contributed by atoms with Crippen molar-refractivity contribution in [3.8, 4) is 35.2 Å². The summed E-state index contributed by atoms with van der Waals surface area (Å²) in [5, 5.41) is 15.5. The lowest BCUT2D eigenvalue weighted by atomic mass is 10.1. The predicted octanol–water partition coefficient (Wildman–Crippen LogP) is 3.87. The van der Waals surface area contributed by atoms with Crippen molar-refractivity contribution in [2.75, 3.05) is 32.9 Å². The number of rotatable bonds is 12. The van der Waals surface area contributed by atoms with Gasteiger partial charge >= 0.3 is 0 Å². The quantitative estimate of drug-likeness (QED) is 0.317. The van der Waals surface area contributed by atoms with E-state index in [4.69, 9.17) is 25.7 Å². The number of hydrogen-bond donors (Lipinski definition) is 1. The van der Waals surface area contributed by atoms with Crippen LogP contribution in [-0.4, -0.2) is 64.9 Å². The third kappa shape index (κ3) is 6.93. The van der Waals surface area contributed by atoms with Crippen LogP contribution in [0.2, 0.25) is 0 Å². The van der Waals surface area contributed by atoms with Crippen LogP contribution in [0.5, 0.6) is 11.6 Å². The Kier molecular flexibility index (Phi) is 8.93. The number of nitrogens with zero attached hydrogens (tertiary/aromatic N) is 3. The van der Waals surface area contributed by atoms with Crippen molar-refractivity contribution >= 4 is 0 Å². The van der Waals surface area contributed by atoms with Gasteiger partial charge in [0.15, 0.2) is 0 Å². The van der Waals surface area contributed by atoms with Crippen LogP contribution in [0.15, 0.2) is 60.7 Å². The zero-order chi connectivity index (χ0) is 24.5. The summed E-state index contributed by atoms with van der Waals surface area (Å²) in [6, 6.07) is 19.8. The number of benzene rings is 2. The van der Waals surface area contributed by atoms with Gasteiger partial charge in [0.25, 0.3) is 0 Å². The summed E-state index contributed by atoms with van der Waals surface area (Å²) in [5.41, 5.74) is 2.82. The molecule has 1 aliphatic heterocycles. The molecular formula is C28H33N3O4. The molecule has 0 unspecified atom stereocenters. The van der Waals surface area contributed by atoms with Gasteiger partial charge in [-0.2, -0.15) is 5.10 Å². The molecule has 7 heteroatoms. The summed E-state index contributed by atoms with van der Waals surface area (Å²) in [6.45, 7) is 2.78. The van der Waals surface area contributed by atoms with Gasteiger partial charge in [-0.25, -0.2) is 4.68 Å². The summed E-state index contributed by atoms with van der Waals surface area (Å²) >= 11 is 0. The zero-order valence-electron chi connectivity index (χ0n) is 20.2. The first-order valence-corrected chi connectivity index (χ1v) is 12.0. The van der Waals surface area contributed by atoms with Crippen molar-refractivity contribution in [2.24, 2.45) is 7.05 Å². The molecule has 3 aromatic rings. The van der Waals surface area contributed by atoms with Crippen LogP contribution in [-0.2, 0) is 23.1 Å². The highest BCUT2D eigenvalue weighted by atomic mass is 16.5. The van der Waals surface area contributed by atoms with E-state index in [0.717, 1.165) is 42.0 Å². The molecule has 1 N–H and O–H groups in total. The Morgan fingerprint density at radius 1 is 1.20 bits per heavy atom. The molecule has 0 spiro atoms. The van der Waals surface area contributed by atoms with Crippen LogP contribution in [0.1, 0.15) is 18.4 Å². The molecule has 0 amide bonds. The Bertz CT molecular complexity index is 1090. The van der Waals surface area contributed by atoms with Gasteiger partial charge in [0, 0.05) is 38.9 Å². The Morgan fingerprint density at radius 2 is 1.94 bits per heavy atom. The first kappa shape index (κ1) is 25.0. The number of aliphatic hydroxyl groups is 1. The van der Waals surface area contributed by atoms with E-state index >= 15 is 0 Å². The fraction of sp³-hybridized carbons (Fsp3) is 0.393. The minimum Gasteiger partial charge on any atom is -0.439 e. The maximum atomic E-state index is 10.7. The largest absolute Gasteiger partial charge is 0.439 e. The Morgan fingerprint density at radius 3 is 2.63 bits per heavy atom. The number of terminal acetylenes is 1. The van der Waals surface area contributed by atoms with E-state index in [-0.39, 0.29) is 19.3 Å². The van der Waals surface area contributed by atoms with Crippen molar-refractivity contribution < 1.29 is 19.3 Å². The average molecular weight is 476 g/mol. The van der Waals surface area contributed by atoms with Gasteiger partial charge in [-0.3, -0.25) is 4.90 Å².